The van der Waals surface area contributed by atoms with Gasteiger partial charge in [-0.25, -0.2) is 4.39 Å². The number of aromatic nitrogens is 2. The van der Waals surface area contributed by atoms with Crippen molar-refractivity contribution in [3.8, 4) is 5.75 Å². The van der Waals surface area contributed by atoms with E-state index in [1.54, 1.807) is 12.1 Å². The fraction of sp³-hybridized carbons (Fsp3) is 0.250. The van der Waals surface area contributed by atoms with E-state index in [9.17, 15) is 9.18 Å². The molecule has 0 amide bonds. The van der Waals surface area contributed by atoms with Crippen LogP contribution < -0.4 is 4.74 Å². The van der Waals surface area contributed by atoms with Crippen LogP contribution in [0.15, 0.2) is 28.7 Å². The molecule has 7 heteroatoms. The maximum atomic E-state index is 12.9. The van der Waals surface area contributed by atoms with E-state index in [2.05, 4.69) is 10.2 Å². The Morgan fingerprint density at radius 1 is 1.37 bits per heavy atom. The third kappa shape index (κ3) is 4.06. The largest absolute Gasteiger partial charge is 0.493 e. The van der Waals surface area contributed by atoms with Crippen LogP contribution in [0.1, 0.15) is 11.8 Å². The van der Waals surface area contributed by atoms with Crippen molar-refractivity contribution >= 4 is 5.97 Å². The molecule has 0 aliphatic heterocycles. The molecule has 0 saturated carbocycles. The van der Waals surface area contributed by atoms with Crippen LogP contribution in [0.4, 0.5) is 4.39 Å². The van der Waals surface area contributed by atoms with Crippen LogP contribution in [0, 0.1) is 5.82 Å². The van der Waals surface area contributed by atoms with Gasteiger partial charge in [-0.05, 0) is 12.1 Å². The second kappa shape index (κ2) is 5.94. The van der Waals surface area contributed by atoms with E-state index in [0.717, 1.165) is 0 Å². The number of nitrogens with zero attached hydrogens (tertiary/aromatic N) is 2. The third-order valence-electron chi connectivity index (χ3n) is 2.19. The van der Waals surface area contributed by atoms with Crippen LogP contribution in [0.25, 0.3) is 0 Å². The lowest BCUT2D eigenvalue weighted by Gasteiger charge is -2.03. The quantitative estimate of drug-likeness (QED) is 0.851. The number of benzene rings is 1. The maximum absolute atomic E-state index is 12.9. The number of hydrogen-bond donors (Lipinski definition) is 1. The van der Waals surface area contributed by atoms with E-state index in [-0.39, 0.29) is 30.6 Å². The molecule has 0 fully saturated rings. The zero-order valence-corrected chi connectivity index (χ0v) is 9.88. The zero-order chi connectivity index (χ0) is 13.7. The first-order valence-corrected chi connectivity index (χ1v) is 5.55. The first-order valence-electron chi connectivity index (χ1n) is 5.55. The SMILES string of the molecule is O=C(O)Cc1nnc(CCOc2cccc(F)c2)o1. The Morgan fingerprint density at radius 2 is 2.16 bits per heavy atom. The van der Waals surface area contributed by atoms with Gasteiger partial charge in [-0.1, -0.05) is 6.07 Å². The van der Waals surface area contributed by atoms with Crippen LogP contribution in [0.3, 0.4) is 0 Å². The molecular weight excluding hydrogens is 255 g/mol. The Morgan fingerprint density at radius 3 is 2.89 bits per heavy atom. The summed E-state index contributed by atoms with van der Waals surface area (Å²) in [6.45, 7) is 0.234. The first-order chi connectivity index (χ1) is 9.13. The van der Waals surface area contributed by atoms with Gasteiger partial charge in [-0.3, -0.25) is 4.79 Å². The van der Waals surface area contributed by atoms with Gasteiger partial charge >= 0.3 is 5.97 Å². The van der Waals surface area contributed by atoms with Crippen molar-refractivity contribution in [3.63, 3.8) is 0 Å². The fourth-order valence-electron chi connectivity index (χ4n) is 1.40. The van der Waals surface area contributed by atoms with Gasteiger partial charge in [-0.15, -0.1) is 10.2 Å². The van der Waals surface area contributed by atoms with Crippen LogP contribution in [0.5, 0.6) is 5.75 Å². The van der Waals surface area contributed by atoms with Gasteiger partial charge in [0, 0.05) is 6.07 Å². The Hall–Kier alpha value is -2.44. The van der Waals surface area contributed by atoms with Crippen molar-refractivity contribution in [2.75, 3.05) is 6.61 Å². The average Bonchev–Trinajstić information content (AvgIpc) is 2.76. The van der Waals surface area contributed by atoms with Crippen LogP contribution in [-0.2, 0) is 17.6 Å². The summed E-state index contributed by atoms with van der Waals surface area (Å²) in [6.07, 6.45) is 0.0148. The van der Waals surface area contributed by atoms with Crippen LogP contribution >= 0.6 is 0 Å². The van der Waals surface area contributed by atoms with Gasteiger partial charge in [-0.2, -0.15) is 0 Å². The number of hydrogen-bond acceptors (Lipinski definition) is 5. The zero-order valence-electron chi connectivity index (χ0n) is 9.88. The summed E-state index contributed by atoms with van der Waals surface area (Å²) < 4.78 is 23.3. The number of aliphatic carboxylic acids is 1. The summed E-state index contributed by atoms with van der Waals surface area (Å²) in [5, 5.41) is 15.8. The Kier molecular flexibility index (Phi) is 4.07. The highest BCUT2D eigenvalue weighted by molar-refractivity contribution is 5.68. The third-order valence-corrected chi connectivity index (χ3v) is 2.19. The topological polar surface area (TPSA) is 85.5 Å². The van der Waals surface area contributed by atoms with Crippen LogP contribution in [0.2, 0.25) is 0 Å². The molecule has 0 radical (unpaired) electrons. The Bertz CT molecular complexity index is 570. The first kappa shape index (κ1) is 13.0. The molecule has 1 aromatic carbocycles. The van der Waals surface area contributed by atoms with Gasteiger partial charge in [0.25, 0.3) is 0 Å². The van der Waals surface area contributed by atoms with Gasteiger partial charge in [0.05, 0.1) is 13.0 Å². The van der Waals surface area contributed by atoms with Crippen molar-refractivity contribution in [3.05, 3.63) is 41.9 Å². The molecule has 0 aliphatic carbocycles. The molecule has 0 atom stereocenters. The summed E-state index contributed by atoms with van der Waals surface area (Å²) in [5.74, 6) is -0.670. The van der Waals surface area contributed by atoms with Gasteiger partial charge in [0.1, 0.15) is 18.0 Å². The summed E-state index contributed by atoms with van der Waals surface area (Å²) in [5.41, 5.74) is 0. The molecule has 0 aliphatic rings. The van der Waals surface area contributed by atoms with Crippen molar-refractivity contribution in [1.29, 1.82) is 0 Å². The molecule has 1 aromatic heterocycles. The normalized spacial score (nSPS) is 10.4. The predicted molar refractivity (Wildman–Crippen MR) is 61.2 cm³/mol. The van der Waals surface area contributed by atoms with Crippen molar-refractivity contribution in [2.45, 2.75) is 12.8 Å². The maximum Gasteiger partial charge on any atom is 0.312 e. The van der Waals surface area contributed by atoms with Gasteiger partial charge in [0.15, 0.2) is 0 Å². The lowest BCUT2D eigenvalue weighted by molar-refractivity contribution is -0.136. The van der Waals surface area contributed by atoms with Crippen LogP contribution in [-0.4, -0.2) is 27.9 Å². The minimum atomic E-state index is -1.04. The Labute approximate surface area is 107 Å². The van der Waals surface area contributed by atoms with Crippen molar-refractivity contribution < 1.29 is 23.4 Å². The molecule has 2 rings (SSSR count). The summed E-state index contributed by atoms with van der Waals surface area (Å²) in [7, 11) is 0. The standard InChI is InChI=1S/C12H11FN2O4/c13-8-2-1-3-9(6-8)18-5-4-10-14-15-11(19-10)7-12(16)17/h1-3,6H,4-5,7H2,(H,16,17). The van der Waals surface area contributed by atoms with E-state index in [1.165, 1.54) is 12.1 Å². The monoisotopic (exact) mass is 266 g/mol. The molecule has 0 unspecified atom stereocenters. The Balaban J connectivity index is 1.82. The molecular formula is C12H11FN2O4. The minimum Gasteiger partial charge on any atom is -0.493 e. The highest BCUT2D eigenvalue weighted by atomic mass is 19.1. The number of carbonyl (C=O) groups is 1. The highest BCUT2D eigenvalue weighted by Crippen LogP contribution is 2.12. The van der Waals surface area contributed by atoms with E-state index >= 15 is 0 Å². The predicted octanol–water partition coefficient (Wildman–Crippen LogP) is 1.46. The summed E-state index contributed by atoms with van der Waals surface area (Å²) in [4.78, 5) is 10.4. The minimum absolute atomic E-state index is 0.0493. The smallest absolute Gasteiger partial charge is 0.312 e. The van der Waals surface area contributed by atoms with Gasteiger partial charge < -0.3 is 14.3 Å². The highest BCUT2D eigenvalue weighted by Gasteiger charge is 2.09. The number of carboxylic acids is 1. The molecule has 1 heterocycles. The van der Waals surface area contributed by atoms with E-state index < -0.39 is 5.97 Å². The lowest BCUT2D eigenvalue weighted by Crippen LogP contribution is -2.01. The number of rotatable bonds is 6. The molecule has 0 spiro atoms. The number of carboxylic acid groups (broad SMARTS) is 1. The molecule has 19 heavy (non-hydrogen) atoms. The number of ether oxygens (including phenoxy) is 1. The molecule has 2 aromatic rings. The molecule has 0 saturated heterocycles. The van der Waals surface area contributed by atoms with Gasteiger partial charge in [0.2, 0.25) is 11.8 Å². The summed E-state index contributed by atoms with van der Waals surface area (Å²) >= 11 is 0. The fourth-order valence-corrected chi connectivity index (χ4v) is 1.40. The molecule has 0 bridgehead atoms. The number of halogens is 1. The molecule has 1 N–H and O–H groups in total. The van der Waals surface area contributed by atoms with E-state index in [4.69, 9.17) is 14.3 Å². The van der Waals surface area contributed by atoms with E-state index in [1.807, 2.05) is 0 Å². The summed E-state index contributed by atoms with van der Waals surface area (Å²) in [6, 6.07) is 5.77. The second-order valence-electron chi connectivity index (χ2n) is 3.72. The van der Waals surface area contributed by atoms with Crippen molar-refractivity contribution in [2.24, 2.45) is 0 Å². The van der Waals surface area contributed by atoms with Crippen molar-refractivity contribution in [1.82, 2.24) is 10.2 Å². The van der Waals surface area contributed by atoms with E-state index in [0.29, 0.717) is 12.2 Å². The molecule has 100 valence electrons. The second-order valence-corrected chi connectivity index (χ2v) is 3.72. The average molecular weight is 266 g/mol. The molecule has 6 nitrogen and oxygen atoms in total. The lowest BCUT2D eigenvalue weighted by atomic mass is 10.3.